The number of fused-ring (bicyclic) bond motifs is 1. The summed E-state index contributed by atoms with van der Waals surface area (Å²) < 4.78 is 0. The van der Waals surface area contributed by atoms with Gasteiger partial charge >= 0.3 is 5.97 Å². The van der Waals surface area contributed by atoms with Crippen LogP contribution in [-0.4, -0.2) is 32.5 Å². The Morgan fingerprint density at radius 2 is 1.45 bits per heavy atom. The first-order chi connectivity index (χ1) is 10.4. The highest BCUT2D eigenvalue weighted by Gasteiger charge is 2.52. The predicted molar refractivity (Wildman–Crippen MR) is 87.5 cm³/mol. The molecular weight excluding hydrogens is 418 g/mol. The van der Waals surface area contributed by atoms with Crippen molar-refractivity contribution in [2.75, 3.05) is 4.90 Å². The lowest BCUT2D eigenvalue weighted by Crippen LogP contribution is -2.34. The number of amides is 2. The molecule has 1 aromatic rings. The van der Waals surface area contributed by atoms with E-state index in [1.165, 1.54) is 29.2 Å². The van der Waals surface area contributed by atoms with Crippen LogP contribution in [0.1, 0.15) is 23.2 Å². The number of carbonyl (C=O) groups is 3. The van der Waals surface area contributed by atoms with Crippen molar-refractivity contribution in [2.24, 2.45) is 11.8 Å². The molecule has 1 heterocycles. The molecule has 4 atom stereocenters. The standard InChI is InChI=1S/C15H13Br2NO4/c16-11-5-9-10(6-12(11)17)14(20)18(13(9)19)8-3-1-7(2-4-8)15(21)22/h1-4,9-12H,5-6H2,(H,21,22)/t9-,10+,11+,12-. The zero-order valence-corrected chi connectivity index (χ0v) is 14.6. The molecule has 2 amide bonds. The molecule has 116 valence electrons. The van der Waals surface area contributed by atoms with Gasteiger partial charge < -0.3 is 5.11 Å². The third-order valence-electron chi connectivity index (χ3n) is 4.28. The maximum Gasteiger partial charge on any atom is 0.335 e. The fourth-order valence-electron chi connectivity index (χ4n) is 3.10. The van der Waals surface area contributed by atoms with Gasteiger partial charge in [0, 0.05) is 9.65 Å². The number of imide groups is 1. The predicted octanol–water partition coefficient (Wildman–Crippen LogP) is 2.81. The van der Waals surface area contributed by atoms with Crippen LogP contribution in [0.25, 0.3) is 0 Å². The minimum absolute atomic E-state index is 0.126. The molecule has 0 unspecified atom stereocenters. The maximum atomic E-state index is 12.6. The van der Waals surface area contributed by atoms with E-state index in [-0.39, 0.29) is 38.9 Å². The van der Waals surface area contributed by atoms with Crippen molar-refractivity contribution in [2.45, 2.75) is 22.5 Å². The van der Waals surface area contributed by atoms with Gasteiger partial charge in [-0.25, -0.2) is 4.79 Å². The number of carbonyl (C=O) groups excluding carboxylic acids is 2. The molecule has 2 aliphatic rings. The number of anilines is 1. The largest absolute Gasteiger partial charge is 0.478 e. The van der Waals surface area contributed by atoms with E-state index >= 15 is 0 Å². The monoisotopic (exact) mass is 429 g/mol. The number of aromatic carboxylic acids is 1. The Bertz CT molecular complexity index is 617. The summed E-state index contributed by atoms with van der Waals surface area (Å²) in [4.78, 5) is 37.6. The van der Waals surface area contributed by atoms with Crippen molar-refractivity contribution >= 4 is 55.3 Å². The first kappa shape index (κ1) is 15.7. The second-order valence-electron chi connectivity index (χ2n) is 5.58. The topological polar surface area (TPSA) is 74.7 Å². The van der Waals surface area contributed by atoms with Crippen molar-refractivity contribution in [3.05, 3.63) is 29.8 Å². The number of hydrogen-bond donors (Lipinski definition) is 1. The highest BCUT2D eigenvalue weighted by Crippen LogP contribution is 2.44. The summed E-state index contributed by atoms with van der Waals surface area (Å²) in [5, 5.41) is 8.91. The van der Waals surface area contributed by atoms with Gasteiger partial charge in [-0.05, 0) is 37.1 Å². The van der Waals surface area contributed by atoms with E-state index in [1.54, 1.807) is 0 Å². The van der Waals surface area contributed by atoms with E-state index in [2.05, 4.69) is 31.9 Å². The Morgan fingerprint density at radius 1 is 1.00 bits per heavy atom. The Balaban J connectivity index is 1.90. The van der Waals surface area contributed by atoms with E-state index in [0.717, 1.165) is 0 Å². The number of hydrogen-bond acceptors (Lipinski definition) is 3. The van der Waals surface area contributed by atoms with Crippen LogP contribution in [0.4, 0.5) is 5.69 Å². The van der Waals surface area contributed by atoms with Gasteiger partial charge in [0.15, 0.2) is 0 Å². The van der Waals surface area contributed by atoms with Crippen molar-refractivity contribution < 1.29 is 19.5 Å². The van der Waals surface area contributed by atoms with Crippen LogP contribution < -0.4 is 4.90 Å². The SMILES string of the molecule is O=C(O)c1ccc(N2C(=O)[C@H]3C[C@@H](Br)[C@@H](Br)C[C@H]3C2=O)cc1. The fourth-order valence-corrected chi connectivity index (χ4v) is 4.34. The van der Waals surface area contributed by atoms with E-state index in [0.29, 0.717) is 18.5 Å². The lowest BCUT2D eigenvalue weighted by Gasteiger charge is -2.29. The van der Waals surface area contributed by atoms with Gasteiger partial charge in [0.1, 0.15) is 0 Å². The third kappa shape index (κ3) is 2.50. The highest BCUT2D eigenvalue weighted by molar-refractivity contribution is 9.12. The van der Waals surface area contributed by atoms with Crippen LogP contribution in [0.2, 0.25) is 0 Å². The quantitative estimate of drug-likeness (QED) is 0.578. The Labute approximate surface area is 143 Å². The van der Waals surface area contributed by atoms with Crippen LogP contribution in [0.5, 0.6) is 0 Å². The number of carboxylic acid groups (broad SMARTS) is 1. The summed E-state index contributed by atoms with van der Waals surface area (Å²) in [6.07, 6.45) is 1.24. The summed E-state index contributed by atoms with van der Waals surface area (Å²) in [6.45, 7) is 0. The molecule has 0 spiro atoms. The molecule has 0 bridgehead atoms. The summed E-state index contributed by atoms with van der Waals surface area (Å²) in [5.41, 5.74) is 0.563. The summed E-state index contributed by atoms with van der Waals surface area (Å²) >= 11 is 7.09. The van der Waals surface area contributed by atoms with Gasteiger partial charge in [-0.1, -0.05) is 31.9 Å². The molecule has 3 rings (SSSR count). The molecule has 1 aliphatic heterocycles. The fraction of sp³-hybridized carbons (Fsp3) is 0.400. The number of benzene rings is 1. The number of rotatable bonds is 2. The maximum absolute atomic E-state index is 12.6. The van der Waals surface area contributed by atoms with Gasteiger partial charge in [-0.15, -0.1) is 0 Å². The first-order valence-corrected chi connectivity index (χ1v) is 8.72. The van der Waals surface area contributed by atoms with Crippen molar-refractivity contribution in [3.8, 4) is 0 Å². The average Bonchev–Trinajstić information content (AvgIpc) is 2.72. The molecule has 5 nitrogen and oxygen atoms in total. The smallest absolute Gasteiger partial charge is 0.335 e. The van der Waals surface area contributed by atoms with Crippen LogP contribution in [-0.2, 0) is 9.59 Å². The van der Waals surface area contributed by atoms with E-state index in [9.17, 15) is 14.4 Å². The molecule has 1 saturated heterocycles. The molecule has 0 radical (unpaired) electrons. The zero-order valence-electron chi connectivity index (χ0n) is 11.4. The minimum atomic E-state index is -1.04. The Hall–Kier alpha value is -1.21. The second kappa shape index (κ2) is 5.77. The summed E-state index contributed by atoms with van der Waals surface area (Å²) in [6, 6.07) is 5.82. The minimum Gasteiger partial charge on any atom is -0.478 e. The molecule has 0 aromatic heterocycles. The molecule has 2 fully saturated rings. The number of nitrogens with zero attached hydrogens (tertiary/aromatic N) is 1. The van der Waals surface area contributed by atoms with Gasteiger partial charge in [-0.2, -0.15) is 0 Å². The lowest BCUT2D eigenvalue weighted by molar-refractivity contribution is -0.122. The summed E-state index contributed by atoms with van der Waals surface area (Å²) in [5.74, 6) is -2.03. The first-order valence-electron chi connectivity index (χ1n) is 6.89. The molecule has 22 heavy (non-hydrogen) atoms. The van der Waals surface area contributed by atoms with Crippen LogP contribution in [0, 0.1) is 11.8 Å². The van der Waals surface area contributed by atoms with Crippen LogP contribution in [0.3, 0.4) is 0 Å². The number of carboxylic acids is 1. The van der Waals surface area contributed by atoms with E-state index in [1.807, 2.05) is 0 Å². The van der Waals surface area contributed by atoms with E-state index in [4.69, 9.17) is 5.11 Å². The zero-order chi connectivity index (χ0) is 16.0. The lowest BCUT2D eigenvalue weighted by atomic mass is 9.81. The van der Waals surface area contributed by atoms with Crippen LogP contribution in [0.15, 0.2) is 24.3 Å². The number of alkyl halides is 2. The van der Waals surface area contributed by atoms with Gasteiger partial charge in [-0.3, -0.25) is 14.5 Å². The molecule has 1 saturated carbocycles. The molecule has 1 aliphatic carbocycles. The highest BCUT2D eigenvalue weighted by atomic mass is 79.9. The van der Waals surface area contributed by atoms with Crippen molar-refractivity contribution in [1.82, 2.24) is 0 Å². The third-order valence-corrected chi connectivity index (χ3v) is 7.02. The van der Waals surface area contributed by atoms with E-state index < -0.39 is 5.97 Å². The molecule has 7 heteroatoms. The molecule has 1 aromatic carbocycles. The number of halogens is 2. The van der Waals surface area contributed by atoms with Crippen molar-refractivity contribution in [3.63, 3.8) is 0 Å². The van der Waals surface area contributed by atoms with Gasteiger partial charge in [0.05, 0.1) is 23.1 Å². The van der Waals surface area contributed by atoms with Crippen molar-refractivity contribution in [1.29, 1.82) is 0 Å². The normalized spacial score (nSPS) is 31.3. The summed E-state index contributed by atoms with van der Waals surface area (Å²) in [7, 11) is 0. The van der Waals surface area contributed by atoms with Gasteiger partial charge in [0.25, 0.3) is 0 Å². The Morgan fingerprint density at radius 3 is 1.86 bits per heavy atom. The Kier molecular flexibility index (Phi) is 4.11. The van der Waals surface area contributed by atoms with Crippen LogP contribution >= 0.6 is 31.9 Å². The molecular formula is C15H13Br2NO4. The second-order valence-corrected chi connectivity index (χ2v) is 7.93. The average molecular weight is 431 g/mol. The van der Waals surface area contributed by atoms with Gasteiger partial charge in [0.2, 0.25) is 11.8 Å². The molecule has 1 N–H and O–H groups in total.